The summed E-state index contributed by atoms with van der Waals surface area (Å²) >= 11 is 0. The number of benzene rings is 2. The van der Waals surface area contributed by atoms with Crippen LogP contribution in [0.1, 0.15) is 48.1 Å². The third kappa shape index (κ3) is 5.77. The second-order valence-corrected chi connectivity index (χ2v) is 8.43. The van der Waals surface area contributed by atoms with E-state index in [0.717, 1.165) is 29.7 Å². The number of amides is 3. The largest absolute Gasteiger partial charge is 0.341 e. The molecule has 4 rings (SSSR count). The van der Waals surface area contributed by atoms with Crippen LogP contribution < -0.4 is 5.32 Å². The Morgan fingerprint density at radius 2 is 2.00 bits per heavy atom. The first kappa shape index (κ1) is 22.5. The van der Waals surface area contributed by atoms with Gasteiger partial charge in [0.25, 0.3) is 0 Å². The van der Waals surface area contributed by atoms with E-state index in [2.05, 4.69) is 15.5 Å². The minimum atomic E-state index is -0.233. The Labute approximate surface area is 193 Å². The molecule has 1 aromatic heterocycles. The lowest BCUT2D eigenvalue weighted by Crippen LogP contribution is -2.34. The third-order valence-electron chi connectivity index (χ3n) is 5.81. The molecule has 0 saturated carbocycles. The summed E-state index contributed by atoms with van der Waals surface area (Å²) in [5.74, 6) is 0.919. The van der Waals surface area contributed by atoms with Crippen molar-refractivity contribution in [1.82, 2.24) is 19.9 Å². The highest BCUT2D eigenvalue weighted by atomic mass is 16.5. The molecule has 33 heavy (non-hydrogen) atoms. The van der Waals surface area contributed by atoms with E-state index in [1.807, 2.05) is 61.5 Å². The molecule has 8 heteroatoms. The maximum atomic E-state index is 12.8. The summed E-state index contributed by atoms with van der Waals surface area (Å²) in [6.45, 7) is 3.18. The normalized spacial score (nSPS) is 15.5. The van der Waals surface area contributed by atoms with Crippen molar-refractivity contribution >= 4 is 17.6 Å². The molecule has 1 saturated heterocycles. The van der Waals surface area contributed by atoms with E-state index in [1.165, 1.54) is 0 Å². The lowest BCUT2D eigenvalue weighted by Gasteiger charge is -2.22. The highest BCUT2D eigenvalue weighted by Crippen LogP contribution is 2.31. The molecule has 1 N–H and O–H groups in total. The topological polar surface area (TPSA) is 91.6 Å². The number of hydrogen-bond acceptors (Lipinski definition) is 5. The fourth-order valence-electron chi connectivity index (χ4n) is 4.05. The summed E-state index contributed by atoms with van der Waals surface area (Å²) in [6.07, 6.45) is 2.30. The number of urea groups is 1. The molecule has 172 valence electrons. The maximum absolute atomic E-state index is 12.8. The van der Waals surface area contributed by atoms with Gasteiger partial charge < -0.3 is 19.6 Å². The number of anilines is 1. The molecule has 3 aromatic rings. The van der Waals surface area contributed by atoms with E-state index in [9.17, 15) is 9.59 Å². The Bertz CT molecular complexity index is 1100. The predicted molar refractivity (Wildman–Crippen MR) is 124 cm³/mol. The average Bonchev–Trinajstić information content (AvgIpc) is 3.47. The van der Waals surface area contributed by atoms with Crippen molar-refractivity contribution in [1.29, 1.82) is 0 Å². The number of nitrogens with zero attached hydrogens (tertiary/aromatic N) is 4. The van der Waals surface area contributed by atoms with Gasteiger partial charge in [0.1, 0.15) is 0 Å². The molecule has 1 atom stereocenters. The quantitative estimate of drug-likeness (QED) is 0.582. The predicted octanol–water partition coefficient (Wildman–Crippen LogP) is 4.34. The first-order chi connectivity index (χ1) is 16.0. The Hall–Kier alpha value is -3.68. The smallest absolute Gasteiger partial charge is 0.322 e. The van der Waals surface area contributed by atoms with Crippen molar-refractivity contribution in [2.45, 2.75) is 45.2 Å². The Morgan fingerprint density at radius 1 is 1.18 bits per heavy atom. The molecular formula is C25H29N5O3. The van der Waals surface area contributed by atoms with Crippen LogP contribution in [0.25, 0.3) is 0 Å². The number of carbonyl (C=O) groups excluding carboxylic acids is 2. The second-order valence-electron chi connectivity index (χ2n) is 8.43. The van der Waals surface area contributed by atoms with Gasteiger partial charge in [-0.2, -0.15) is 4.98 Å². The Morgan fingerprint density at radius 3 is 2.79 bits per heavy atom. The zero-order chi connectivity index (χ0) is 23.2. The van der Waals surface area contributed by atoms with Crippen molar-refractivity contribution in [3.63, 3.8) is 0 Å². The minimum Gasteiger partial charge on any atom is -0.341 e. The van der Waals surface area contributed by atoms with Crippen LogP contribution in [0.4, 0.5) is 10.5 Å². The van der Waals surface area contributed by atoms with Crippen molar-refractivity contribution in [2.24, 2.45) is 0 Å². The Balaban J connectivity index is 1.32. The van der Waals surface area contributed by atoms with E-state index in [4.69, 9.17) is 4.52 Å². The van der Waals surface area contributed by atoms with Gasteiger partial charge in [0.2, 0.25) is 11.8 Å². The van der Waals surface area contributed by atoms with Gasteiger partial charge >= 0.3 is 6.03 Å². The van der Waals surface area contributed by atoms with Gasteiger partial charge in [-0.3, -0.25) is 4.79 Å². The van der Waals surface area contributed by atoms with Crippen LogP contribution in [0.2, 0.25) is 0 Å². The Kier molecular flexibility index (Phi) is 7.02. The number of hydrogen-bond donors (Lipinski definition) is 1. The molecule has 2 aromatic carbocycles. The van der Waals surface area contributed by atoms with Crippen LogP contribution in [-0.4, -0.2) is 45.5 Å². The van der Waals surface area contributed by atoms with Crippen LogP contribution in [-0.2, 0) is 17.8 Å². The van der Waals surface area contributed by atoms with Crippen LogP contribution in [0, 0.1) is 6.92 Å². The number of aryl methyl sites for hydroxylation is 2. The van der Waals surface area contributed by atoms with Crippen molar-refractivity contribution in [3.8, 4) is 0 Å². The molecular weight excluding hydrogens is 418 g/mol. The molecule has 3 amide bonds. The highest BCUT2D eigenvalue weighted by Gasteiger charge is 2.33. The number of carbonyl (C=O) groups is 2. The van der Waals surface area contributed by atoms with Crippen LogP contribution >= 0.6 is 0 Å². The number of aromatic nitrogens is 2. The number of likely N-dealkylation sites (tertiary alicyclic amines) is 1. The van der Waals surface area contributed by atoms with E-state index in [0.29, 0.717) is 31.2 Å². The summed E-state index contributed by atoms with van der Waals surface area (Å²) in [6, 6.07) is 17.2. The van der Waals surface area contributed by atoms with Gasteiger partial charge in [-0.1, -0.05) is 47.6 Å². The molecule has 0 aliphatic carbocycles. The minimum absolute atomic E-state index is 0.0126. The van der Waals surface area contributed by atoms with Crippen molar-refractivity contribution < 1.29 is 14.1 Å². The van der Waals surface area contributed by atoms with Crippen molar-refractivity contribution in [2.75, 3.05) is 18.9 Å². The lowest BCUT2D eigenvalue weighted by molar-refractivity contribution is -0.130. The molecule has 2 heterocycles. The number of rotatable bonds is 7. The van der Waals surface area contributed by atoms with Crippen molar-refractivity contribution in [3.05, 3.63) is 77.4 Å². The SMILES string of the molecule is Cc1cccc(NC(=O)N2CCCC2c2noc(CCC(=O)N(C)Cc3ccccc3)n2)c1. The first-order valence-corrected chi connectivity index (χ1v) is 11.2. The van der Waals surface area contributed by atoms with E-state index < -0.39 is 0 Å². The van der Waals surface area contributed by atoms with E-state index in [1.54, 1.807) is 16.8 Å². The van der Waals surface area contributed by atoms with Gasteiger partial charge in [-0.25, -0.2) is 4.79 Å². The summed E-state index contributed by atoms with van der Waals surface area (Å²) < 4.78 is 5.40. The number of nitrogens with one attached hydrogen (secondary N) is 1. The van der Waals surface area contributed by atoms with Gasteiger partial charge in [0, 0.05) is 38.7 Å². The zero-order valence-electron chi connectivity index (χ0n) is 19.0. The molecule has 0 radical (unpaired) electrons. The van der Waals surface area contributed by atoms with Crippen LogP contribution in [0.5, 0.6) is 0 Å². The lowest BCUT2D eigenvalue weighted by atomic mass is 10.2. The van der Waals surface area contributed by atoms with E-state index in [-0.39, 0.29) is 24.4 Å². The zero-order valence-corrected chi connectivity index (χ0v) is 19.0. The molecule has 1 aliphatic rings. The summed E-state index contributed by atoms with van der Waals surface area (Å²) in [5.41, 5.74) is 2.92. The molecule has 8 nitrogen and oxygen atoms in total. The standard InChI is InChI=1S/C25H29N5O3/c1-18-8-6-11-20(16-18)26-25(32)30-15-7-12-21(30)24-27-22(33-28-24)13-14-23(31)29(2)17-19-9-4-3-5-10-19/h3-6,8-11,16,21H,7,12-15,17H2,1-2H3,(H,26,32). The third-order valence-corrected chi connectivity index (χ3v) is 5.81. The molecule has 1 unspecified atom stereocenters. The van der Waals surface area contributed by atoms with E-state index >= 15 is 0 Å². The monoisotopic (exact) mass is 447 g/mol. The fraction of sp³-hybridized carbons (Fsp3) is 0.360. The van der Waals surface area contributed by atoms with Gasteiger partial charge in [0.15, 0.2) is 5.82 Å². The van der Waals surface area contributed by atoms with Gasteiger partial charge in [-0.15, -0.1) is 0 Å². The summed E-state index contributed by atoms with van der Waals surface area (Å²) in [7, 11) is 1.79. The van der Waals surface area contributed by atoms with Gasteiger partial charge in [0.05, 0.1) is 6.04 Å². The molecule has 0 spiro atoms. The summed E-state index contributed by atoms with van der Waals surface area (Å²) in [4.78, 5) is 33.3. The fourth-order valence-corrected chi connectivity index (χ4v) is 4.05. The maximum Gasteiger partial charge on any atom is 0.322 e. The molecule has 1 aliphatic heterocycles. The second kappa shape index (κ2) is 10.3. The summed E-state index contributed by atoms with van der Waals surface area (Å²) in [5, 5.41) is 7.06. The average molecular weight is 448 g/mol. The highest BCUT2D eigenvalue weighted by molar-refractivity contribution is 5.89. The van der Waals surface area contributed by atoms with Crippen LogP contribution in [0.3, 0.4) is 0 Å². The molecule has 1 fully saturated rings. The van der Waals surface area contributed by atoms with Gasteiger partial charge in [-0.05, 0) is 43.0 Å². The van der Waals surface area contributed by atoms with Crippen LogP contribution in [0.15, 0.2) is 59.1 Å². The molecule has 0 bridgehead atoms. The first-order valence-electron chi connectivity index (χ1n) is 11.2.